The van der Waals surface area contributed by atoms with Crippen LogP contribution in [0, 0.1) is 0 Å². The van der Waals surface area contributed by atoms with Gasteiger partial charge in [-0.1, -0.05) is 41.4 Å². The molecule has 204 valence electrons. The lowest BCUT2D eigenvalue weighted by atomic mass is 10.0. The van der Waals surface area contributed by atoms with E-state index in [2.05, 4.69) is 15.3 Å². The number of fused-ring (bicyclic) bond motifs is 1. The number of nitrogens with one attached hydrogen (secondary N) is 1. The maximum Gasteiger partial charge on any atom is 0.291 e. The summed E-state index contributed by atoms with van der Waals surface area (Å²) in [4.78, 5) is 47.1. The van der Waals surface area contributed by atoms with Crippen molar-refractivity contribution in [3.63, 3.8) is 0 Å². The summed E-state index contributed by atoms with van der Waals surface area (Å²) in [5.41, 5.74) is 4.80. The fourth-order valence-electron chi connectivity index (χ4n) is 4.82. The van der Waals surface area contributed by atoms with Gasteiger partial charge in [0.05, 0.1) is 46.3 Å². The Bertz CT molecular complexity index is 1670. The predicted octanol–water partition coefficient (Wildman–Crippen LogP) is 5.43. The van der Waals surface area contributed by atoms with Crippen LogP contribution in [0.3, 0.4) is 0 Å². The number of aldehydes is 1. The molecule has 2 aromatic heterocycles. The first-order chi connectivity index (χ1) is 19.2. The highest BCUT2D eigenvalue weighted by atomic mass is 35.5. The third-order valence-corrected chi connectivity index (χ3v) is 7.75. The molecular weight excluding hydrogens is 553 g/mol. The van der Waals surface area contributed by atoms with Crippen molar-refractivity contribution in [2.45, 2.75) is 19.9 Å². The number of hydrogen-bond acceptors (Lipinski definition) is 6. The molecule has 3 heterocycles. The van der Waals surface area contributed by atoms with Gasteiger partial charge in [-0.15, -0.1) is 0 Å². The normalized spacial score (nSPS) is 12.6. The van der Waals surface area contributed by atoms with Gasteiger partial charge in [0.2, 0.25) is 5.91 Å². The van der Waals surface area contributed by atoms with E-state index in [9.17, 15) is 14.4 Å². The Balaban J connectivity index is 1.46. The van der Waals surface area contributed by atoms with Crippen LogP contribution in [0.5, 0.6) is 5.75 Å². The molecule has 0 bridgehead atoms. The van der Waals surface area contributed by atoms with E-state index in [1.54, 1.807) is 65.2 Å². The molecule has 0 radical (unpaired) electrons. The van der Waals surface area contributed by atoms with Gasteiger partial charge < -0.3 is 19.5 Å². The van der Waals surface area contributed by atoms with Crippen LogP contribution in [0.2, 0.25) is 10.0 Å². The largest absolute Gasteiger partial charge is 0.496 e. The lowest BCUT2D eigenvalue weighted by Crippen LogP contribution is -2.34. The van der Waals surface area contributed by atoms with Crippen LogP contribution in [0.1, 0.15) is 39.3 Å². The minimum Gasteiger partial charge on any atom is -0.496 e. The Morgan fingerprint density at radius 1 is 1.10 bits per heavy atom. The number of imidazole rings is 1. The lowest BCUT2D eigenvalue weighted by molar-refractivity contribution is -0.129. The number of hydrogen-bond donors (Lipinski definition) is 1. The molecule has 40 heavy (non-hydrogen) atoms. The number of amides is 2. The topological polar surface area (TPSA) is 106 Å². The summed E-state index contributed by atoms with van der Waals surface area (Å²) in [5.74, 6) is 0.187. The minimum absolute atomic E-state index is 0.0269. The van der Waals surface area contributed by atoms with Gasteiger partial charge >= 0.3 is 0 Å². The molecule has 0 spiro atoms. The average molecular weight is 578 g/mol. The zero-order chi connectivity index (χ0) is 28.6. The fourth-order valence-corrected chi connectivity index (χ4v) is 5.42. The second kappa shape index (κ2) is 11.1. The molecule has 1 N–H and O–H groups in total. The molecule has 0 unspecified atom stereocenters. The van der Waals surface area contributed by atoms with Gasteiger partial charge in [0.15, 0.2) is 12.1 Å². The van der Waals surface area contributed by atoms with Gasteiger partial charge in [0, 0.05) is 55.5 Å². The molecule has 2 aromatic carbocycles. The number of aromatic nitrogens is 3. The van der Waals surface area contributed by atoms with E-state index in [0.29, 0.717) is 80.9 Å². The first-order valence-electron chi connectivity index (χ1n) is 12.4. The first kappa shape index (κ1) is 27.4. The molecule has 0 fully saturated rings. The summed E-state index contributed by atoms with van der Waals surface area (Å²) in [5, 5.41) is 3.52. The van der Waals surface area contributed by atoms with E-state index < -0.39 is 5.91 Å². The predicted molar refractivity (Wildman–Crippen MR) is 153 cm³/mol. The van der Waals surface area contributed by atoms with E-state index >= 15 is 0 Å². The SMILES string of the molecule is COc1cc(-c2nccc(-c3cccc(NC(=O)c4nc5c(n4C)CCN(C(C)=O)C5)c3Cl)c2Cl)ccc1C=O. The number of nitrogens with zero attached hydrogens (tertiary/aromatic N) is 4. The van der Waals surface area contributed by atoms with Crippen molar-refractivity contribution in [1.82, 2.24) is 19.4 Å². The molecule has 1 aliphatic heterocycles. The lowest BCUT2D eigenvalue weighted by Gasteiger charge is -2.25. The van der Waals surface area contributed by atoms with E-state index in [-0.39, 0.29) is 11.7 Å². The number of benzene rings is 2. The second-order valence-electron chi connectivity index (χ2n) is 9.30. The summed E-state index contributed by atoms with van der Waals surface area (Å²) < 4.78 is 7.08. The summed E-state index contributed by atoms with van der Waals surface area (Å²) in [6, 6.07) is 12.1. The van der Waals surface area contributed by atoms with Gasteiger partial charge in [-0.25, -0.2) is 4.98 Å². The number of rotatable bonds is 6. The number of anilines is 1. The molecule has 4 aromatic rings. The molecule has 0 aliphatic carbocycles. The number of pyridine rings is 1. The monoisotopic (exact) mass is 577 g/mol. The van der Waals surface area contributed by atoms with Crippen molar-refractivity contribution in [3.8, 4) is 28.1 Å². The number of ether oxygens (including phenoxy) is 1. The highest BCUT2D eigenvalue weighted by molar-refractivity contribution is 6.39. The molecule has 9 nitrogen and oxygen atoms in total. The Kier molecular flexibility index (Phi) is 7.60. The zero-order valence-corrected chi connectivity index (χ0v) is 23.5. The van der Waals surface area contributed by atoms with Crippen LogP contribution >= 0.6 is 23.2 Å². The zero-order valence-electron chi connectivity index (χ0n) is 22.0. The van der Waals surface area contributed by atoms with Gasteiger partial charge in [0.25, 0.3) is 5.91 Å². The van der Waals surface area contributed by atoms with Crippen LogP contribution in [0.25, 0.3) is 22.4 Å². The first-order valence-corrected chi connectivity index (χ1v) is 13.2. The van der Waals surface area contributed by atoms with Gasteiger partial charge in [-0.3, -0.25) is 19.4 Å². The number of carbonyl (C=O) groups excluding carboxylic acids is 3. The van der Waals surface area contributed by atoms with Gasteiger partial charge in [-0.2, -0.15) is 0 Å². The van der Waals surface area contributed by atoms with Crippen molar-refractivity contribution in [1.29, 1.82) is 0 Å². The molecule has 0 saturated heterocycles. The fraction of sp³-hybridized carbons (Fsp3) is 0.207. The summed E-state index contributed by atoms with van der Waals surface area (Å²) in [6.45, 7) is 2.48. The highest BCUT2D eigenvalue weighted by Gasteiger charge is 2.27. The summed E-state index contributed by atoms with van der Waals surface area (Å²) in [7, 11) is 3.27. The Labute approximate surface area is 240 Å². The van der Waals surface area contributed by atoms with Crippen molar-refractivity contribution < 1.29 is 19.1 Å². The quantitative estimate of drug-likeness (QED) is 0.306. The molecular formula is C29H25Cl2N5O4. The third kappa shape index (κ3) is 4.94. The average Bonchev–Trinajstić information content (AvgIpc) is 3.29. The van der Waals surface area contributed by atoms with Crippen LogP contribution in [-0.4, -0.2) is 51.2 Å². The molecule has 11 heteroatoms. The van der Waals surface area contributed by atoms with E-state index in [4.69, 9.17) is 27.9 Å². The number of methoxy groups -OCH3 is 1. The Morgan fingerprint density at radius 3 is 2.60 bits per heavy atom. The van der Waals surface area contributed by atoms with Gasteiger partial charge in [0.1, 0.15) is 5.75 Å². The van der Waals surface area contributed by atoms with Crippen molar-refractivity contribution in [2.24, 2.45) is 7.05 Å². The number of carbonyl (C=O) groups is 3. The van der Waals surface area contributed by atoms with Crippen molar-refractivity contribution >= 4 is 47.0 Å². The molecule has 5 rings (SSSR count). The van der Waals surface area contributed by atoms with Crippen LogP contribution in [0.15, 0.2) is 48.7 Å². The van der Waals surface area contributed by atoms with Gasteiger partial charge in [-0.05, 0) is 24.3 Å². The van der Waals surface area contributed by atoms with Crippen LogP contribution in [0.4, 0.5) is 5.69 Å². The Hall–Kier alpha value is -4.21. The molecule has 2 amide bonds. The maximum absolute atomic E-state index is 13.3. The Morgan fingerprint density at radius 2 is 1.88 bits per heavy atom. The van der Waals surface area contributed by atoms with E-state index in [1.807, 2.05) is 0 Å². The second-order valence-corrected chi connectivity index (χ2v) is 10.1. The molecule has 0 saturated carbocycles. The van der Waals surface area contributed by atoms with Crippen LogP contribution in [-0.2, 0) is 24.8 Å². The maximum atomic E-state index is 13.3. The van der Waals surface area contributed by atoms with Crippen LogP contribution < -0.4 is 10.1 Å². The smallest absolute Gasteiger partial charge is 0.291 e. The molecule has 0 atom stereocenters. The van der Waals surface area contributed by atoms with Crippen molar-refractivity contribution in [2.75, 3.05) is 19.0 Å². The summed E-state index contributed by atoms with van der Waals surface area (Å²) in [6.07, 6.45) is 2.95. The van der Waals surface area contributed by atoms with E-state index in [0.717, 1.165) is 5.69 Å². The molecule has 1 aliphatic rings. The third-order valence-electron chi connectivity index (χ3n) is 6.96. The summed E-state index contributed by atoms with van der Waals surface area (Å²) >= 11 is 13.6. The number of halogens is 2. The highest BCUT2D eigenvalue weighted by Crippen LogP contribution is 2.41. The van der Waals surface area contributed by atoms with E-state index in [1.165, 1.54) is 14.0 Å². The van der Waals surface area contributed by atoms with Crippen molar-refractivity contribution in [3.05, 3.63) is 81.5 Å². The standard InChI is InChI=1S/C29H25Cl2N5O4/c1-16(38)36-12-10-23-22(14-36)33-28(35(23)2)29(39)34-21-6-4-5-19(25(21)30)20-9-11-32-27(26(20)31)17-7-8-18(15-37)24(13-17)40-3/h4-9,11,13,15H,10,12,14H2,1-3H3,(H,34,39). The minimum atomic E-state index is -0.422.